The predicted octanol–water partition coefficient (Wildman–Crippen LogP) is 4.04. The summed E-state index contributed by atoms with van der Waals surface area (Å²) in [5.41, 5.74) is 4.61. The fraction of sp³-hybridized carbons (Fsp3) is 0.444. The van der Waals surface area contributed by atoms with Crippen molar-refractivity contribution in [2.24, 2.45) is 5.92 Å². The van der Waals surface area contributed by atoms with E-state index in [-0.39, 0.29) is 17.9 Å². The molecule has 2 amide bonds. The highest BCUT2D eigenvalue weighted by atomic mass is 16.4. The largest absolute Gasteiger partial charge is 0.465 e. The Kier molecular flexibility index (Phi) is 7.70. The van der Waals surface area contributed by atoms with Crippen LogP contribution in [0.2, 0.25) is 0 Å². The first-order valence-electron chi connectivity index (χ1n) is 12.3. The number of pyridine rings is 1. The van der Waals surface area contributed by atoms with E-state index in [2.05, 4.69) is 60.6 Å². The van der Waals surface area contributed by atoms with Crippen LogP contribution in [0.25, 0.3) is 5.65 Å². The number of carbonyl (C=O) groups is 2. The van der Waals surface area contributed by atoms with Crippen LogP contribution in [0.3, 0.4) is 0 Å². The second-order valence-electron chi connectivity index (χ2n) is 9.99. The Balaban J connectivity index is 1.44. The number of benzene rings is 1. The second kappa shape index (κ2) is 10.9. The standard InChI is InChI=1S/C27H35N5O3/c1-18(2)13-21(20-9-7-19(3)8-10-20)14-28-26(33)24-5-4-6-25-29-23(17-32(24)25)16-31-12-11-22(15-31)30-27(34)35/h4-10,17-18,21-22,30H,11-16H2,1-3H3,(H,28,33)(H,34,35). The van der Waals surface area contributed by atoms with Crippen LogP contribution in [-0.4, -0.2) is 57.1 Å². The number of carboxylic acid groups (broad SMARTS) is 1. The van der Waals surface area contributed by atoms with Gasteiger partial charge < -0.3 is 15.7 Å². The number of nitrogens with one attached hydrogen (secondary N) is 2. The molecule has 8 heteroatoms. The number of aryl methyl sites for hydroxylation is 1. The summed E-state index contributed by atoms with van der Waals surface area (Å²) >= 11 is 0. The molecule has 0 spiro atoms. The average Bonchev–Trinajstić information content (AvgIpc) is 3.42. The van der Waals surface area contributed by atoms with Crippen molar-refractivity contribution >= 4 is 17.6 Å². The van der Waals surface area contributed by atoms with E-state index in [4.69, 9.17) is 10.1 Å². The van der Waals surface area contributed by atoms with Crippen LogP contribution in [0, 0.1) is 12.8 Å². The molecule has 35 heavy (non-hydrogen) atoms. The third-order valence-corrected chi connectivity index (χ3v) is 6.57. The van der Waals surface area contributed by atoms with Crippen LogP contribution < -0.4 is 10.6 Å². The van der Waals surface area contributed by atoms with Gasteiger partial charge >= 0.3 is 6.09 Å². The number of carbonyl (C=O) groups excluding carboxylic acids is 1. The Morgan fingerprint density at radius 3 is 2.66 bits per heavy atom. The predicted molar refractivity (Wildman–Crippen MR) is 136 cm³/mol. The van der Waals surface area contributed by atoms with Crippen molar-refractivity contribution in [3.05, 3.63) is 71.2 Å². The molecule has 0 saturated carbocycles. The summed E-state index contributed by atoms with van der Waals surface area (Å²) in [6.45, 7) is 9.15. The lowest BCUT2D eigenvalue weighted by atomic mass is 9.90. The molecule has 3 heterocycles. The number of nitrogens with zero attached hydrogens (tertiary/aromatic N) is 3. The average molecular weight is 478 g/mol. The monoisotopic (exact) mass is 477 g/mol. The molecule has 1 saturated heterocycles. The molecule has 1 aliphatic rings. The highest BCUT2D eigenvalue weighted by Gasteiger charge is 2.24. The van der Waals surface area contributed by atoms with Gasteiger partial charge in [-0.3, -0.25) is 14.1 Å². The fourth-order valence-corrected chi connectivity index (χ4v) is 4.87. The number of rotatable bonds is 9. The first kappa shape index (κ1) is 24.7. The van der Waals surface area contributed by atoms with Crippen molar-refractivity contribution in [2.45, 2.75) is 52.1 Å². The molecule has 3 aromatic rings. The van der Waals surface area contributed by atoms with Gasteiger partial charge in [0, 0.05) is 44.3 Å². The number of likely N-dealkylation sites (tertiary alicyclic amines) is 1. The molecule has 8 nitrogen and oxygen atoms in total. The van der Waals surface area contributed by atoms with Crippen LogP contribution in [0.15, 0.2) is 48.7 Å². The van der Waals surface area contributed by atoms with E-state index in [1.165, 1.54) is 11.1 Å². The van der Waals surface area contributed by atoms with E-state index in [0.29, 0.717) is 31.2 Å². The second-order valence-corrected chi connectivity index (χ2v) is 9.99. The fourth-order valence-electron chi connectivity index (χ4n) is 4.87. The Morgan fingerprint density at radius 2 is 1.94 bits per heavy atom. The van der Waals surface area contributed by atoms with Gasteiger partial charge in [-0.2, -0.15) is 0 Å². The van der Waals surface area contributed by atoms with Crippen LogP contribution >= 0.6 is 0 Å². The summed E-state index contributed by atoms with van der Waals surface area (Å²) in [7, 11) is 0. The SMILES string of the molecule is Cc1ccc(C(CNC(=O)c2cccc3nc(CN4CCC(NC(=O)O)C4)cn23)CC(C)C)cc1. The Morgan fingerprint density at radius 1 is 1.17 bits per heavy atom. The van der Waals surface area contributed by atoms with Gasteiger partial charge in [0.2, 0.25) is 0 Å². The molecule has 0 bridgehead atoms. The van der Waals surface area contributed by atoms with Crippen molar-refractivity contribution in [3.63, 3.8) is 0 Å². The maximum absolute atomic E-state index is 13.2. The summed E-state index contributed by atoms with van der Waals surface area (Å²) in [4.78, 5) is 31.0. The molecular formula is C27H35N5O3. The molecule has 0 radical (unpaired) electrons. The Hall–Kier alpha value is -3.39. The van der Waals surface area contributed by atoms with Crippen molar-refractivity contribution in [2.75, 3.05) is 19.6 Å². The first-order valence-corrected chi connectivity index (χ1v) is 12.3. The van der Waals surface area contributed by atoms with Gasteiger partial charge in [-0.25, -0.2) is 9.78 Å². The van der Waals surface area contributed by atoms with E-state index < -0.39 is 6.09 Å². The minimum atomic E-state index is -0.988. The zero-order valence-electron chi connectivity index (χ0n) is 20.7. The maximum Gasteiger partial charge on any atom is 0.404 e. The Labute approximate surface area is 206 Å². The zero-order chi connectivity index (χ0) is 24.9. The maximum atomic E-state index is 13.2. The lowest BCUT2D eigenvalue weighted by molar-refractivity contribution is 0.0943. The van der Waals surface area contributed by atoms with Crippen molar-refractivity contribution < 1.29 is 14.7 Å². The highest BCUT2D eigenvalue weighted by Crippen LogP contribution is 2.24. The topological polar surface area (TPSA) is 99.0 Å². The van der Waals surface area contributed by atoms with Crippen molar-refractivity contribution in [3.8, 4) is 0 Å². The van der Waals surface area contributed by atoms with Crippen molar-refractivity contribution in [1.29, 1.82) is 0 Å². The summed E-state index contributed by atoms with van der Waals surface area (Å²) in [6, 6.07) is 14.1. The number of hydrogen-bond acceptors (Lipinski definition) is 4. The smallest absolute Gasteiger partial charge is 0.404 e. The third-order valence-electron chi connectivity index (χ3n) is 6.57. The van der Waals surface area contributed by atoms with E-state index >= 15 is 0 Å². The van der Waals surface area contributed by atoms with Crippen molar-refractivity contribution in [1.82, 2.24) is 24.9 Å². The Bertz CT molecular complexity index is 1170. The number of hydrogen-bond donors (Lipinski definition) is 3. The van der Waals surface area contributed by atoms with E-state index in [1.54, 1.807) is 0 Å². The minimum Gasteiger partial charge on any atom is -0.465 e. The van der Waals surface area contributed by atoms with E-state index in [9.17, 15) is 9.59 Å². The number of aromatic nitrogens is 2. The summed E-state index contributed by atoms with van der Waals surface area (Å²) < 4.78 is 1.84. The number of fused-ring (bicyclic) bond motifs is 1. The molecule has 1 aromatic carbocycles. The van der Waals surface area contributed by atoms with Gasteiger partial charge in [-0.15, -0.1) is 0 Å². The normalized spacial score (nSPS) is 17.1. The lowest BCUT2D eigenvalue weighted by Gasteiger charge is -2.20. The zero-order valence-corrected chi connectivity index (χ0v) is 20.7. The van der Waals surface area contributed by atoms with Gasteiger partial charge in [0.05, 0.1) is 5.69 Å². The molecule has 186 valence electrons. The quantitative estimate of drug-likeness (QED) is 0.432. The first-order chi connectivity index (χ1) is 16.8. The van der Waals surface area contributed by atoms with Gasteiger partial charge in [0.1, 0.15) is 11.3 Å². The highest BCUT2D eigenvalue weighted by molar-refractivity contribution is 5.93. The molecule has 2 aromatic heterocycles. The number of amides is 2. The molecule has 4 rings (SSSR count). The van der Waals surface area contributed by atoms with E-state index in [0.717, 1.165) is 30.7 Å². The summed E-state index contributed by atoms with van der Waals surface area (Å²) in [5, 5.41) is 14.6. The molecular weight excluding hydrogens is 442 g/mol. The van der Waals surface area contributed by atoms with Crippen LogP contribution in [0.4, 0.5) is 4.79 Å². The summed E-state index contributed by atoms with van der Waals surface area (Å²) in [5.74, 6) is 0.653. The minimum absolute atomic E-state index is 0.0572. The van der Waals surface area contributed by atoms with Gasteiger partial charge in [-0.1, -0.05) is 49.7 Å². The molecule has 0 aliphatic carbocycles. The molecule has 2 unspecified atom stereocenters. The number of imidazole rings is 1. The van der Waals surface area contributed by atoms with Crippen LogP contribution in [0.1, 0.15) is 59.9 Å². The molecule has 1 aliphatic heterocycles. The third kappa shape index (κ3) is 6.39. The van der Waals surface area contributed by atoms with E-state index in [1.807, 2.05) is 28.8 Å². The molecule has 3 N–H and O–H groups in total. The molecule has 2 atom stereocenters. The van der Waals surface area contributed by atoms with Gasteiger partial charge in [0.15, 0.2) is 0 Å². The van der Waals surface area contributed by atoms with Crippen LogP contribution in [-0.2, 0) is 6.54 Å². The molecule has 1 fully saturated rings. The van der Waals surface area contributed by atoms with Gasteiger partial charge in [0.25, 0.3) is 5.91 Å². The summed E-state index contributed by atoms with van der Waals surface area (Å²) in [6.07, 6.45) is 2.70. The van der Waals surface area contributed by atoms with Gasteiger partial charge in [-0.05, 0) is 43.4 Å². The van der Waals surface area contributed by atoms with Crippen LogP contribution in [0.5, 0.6) is 0 Å². The lowest BCUT2D eigenvalue weighted by Crippen LogP contribution is -2.35.